The lowest BCUT2D eigenvalue weighted by molar-refractivity contribution is -0.121. The Bertz CT molecular complexity index is 1100. The van der Waals surface area contributed by atoms with E-state index in [2.05, 4.69) is 10.2 Å². The van der Waals surface area contributed by atoms with Crippen LogP contribution in [0, 0.1) is 6.92 Å². The fourth-order valence-electron chi connectivity index (χ4n) is 2.99. The number of nitrogens with two attached hydrogens (primary N) is 1. The van der Waals surface area contributed by atoms with Crippen molar-refractivity contribution in [2.24, 2.45) is 5.73 Å². The highest BCUT2D eigenvalue weighted by molar-refractivity contribution is 5.78. The van der Waals surface area contributed by atoms with Gasteiger partial charge in [-0.05, 0) is 38.5 Å². The number of rotatable bonds is 8. The number of ether oxygens (including phenoxy) is 1. The summed E-state index contributed by atoms with van der Waals surface area (Å²) in [6, 6.07) is 9.37. The minimum atomic E-state index is -1.00. The Kier molecular flexibility index (Phi) is 6.02. The van der Waals surface area contributed by atoms with Gasteiger partial charge in [-0.15, -0.1) is 0 Å². The first kappa shape index (κ1) is 21.3. The van der Waals surface area contributed by atoms with Gasteiger partial charge < -0.3 is 15.6 Å². The maximum Gasteiger partial charge on any atom is 0.271 e. The highest BCUT2D eigenvalue weighted by Crippen LogP contribution is 2.23. The van der Waals surface area contributed by atoms with Gasteiger partial charge in [0.25, 0.3) is 5.56 Å². The lowest BCUT2D eigenvalue weighted by Crippen LogP contribution is -2.36. The van der Waals surface area contributed by atoms with E-state index in [1.54, 1.807) is 36.9 Å². The summed E-state index contributed by atoms with van der Waals surface area (Å²) in [7, 11) is 0. The van der Waals surface area contributed by atoms with E-state index < -0.39 is 23.1 Å². The first-order valence-corrected chi connectivity index (χ1v) is 9.49. The molecule has 158 valence electrons. The van der Waals surface area contributed by atoms with Gasteiger partial charge in [0.1, 0.15) is 11.8 Å². The SMILES string of the molecule is Cc1ccccc1Oc1cnn(C(Cc2ccn(CC(C)(C)O)n2)C(N)=O)c(=O)c1. The van der Waals surface area contributed by atoms with Crippen LogP contribution >= 0.6 is 0 Å². The third kappa shape index (κ3) is 5.32. The molecule has 2 heterocycles. The molecule has 30 heavy (non-hydrogen) atoms. The number of carbonyl (C=O) groups is 1. The maximum absolute atomic E-state index is 12.6. The Morgan fingerprint density at radius 1 is 1.30 bits per heavy atom. The van der Waals surface area contributed by atoms with Gasteiger partial charge in [-0.1, -0.05) is 18.2 Å². The molecule has 9 nitrogen and oxygen atoms in total. The Balaban J connectivity index is 1.80. The van der Waals surface area contributed by atoms with Crippen molar-refractivity contribution in [2.75, 3.05) is 0 Å². The molecule has 0 fully saturated rings. The molecule has 3 rings (SSSR count). The molecule has 1 unspecified atom stereocenters. The largest absolute Gasteiger partial charge is 0.455 e. The van der Waals surface area contributed by atoms with Gasteiger partial charge >= 0.3 is 0 Å². The van der Waals surface area contributed by atoms with E-state index in [-0.39, 0.29) is 18.7 Å². The summed E-state index contributed by atoms with van der Waals surface area (Å²) in [4.78, 5) is 24.6. The smallest absolute Gasteiger partial charge is 0.271 e. The molecule has 0 saturated carbocycles. The summed E-state index contributed by atoms with van der Waals surface area (Å²) < 4.78 is 8.32. The van der Waals surface area contributed by atoms with E-state index in [0.717, 1.165) is 10.2 Å². The van der Waals surface area contributed by atoms with Crippen molar-refractivity contribution >= 4 is 5.91 Å². The Morgan fingerprint density at radius 2 is 2.03 bits per heavy atom. The monoisotopic (exact) mass is 411 g/mol. The van der Waals surface area contributed by atoms with Crippen LogP contribution in [0.5, 0.6) is 11.5 Å². The number of aromatic nitrogens is 4. The standard InChI is InChI=1S/C21H25N5O4/c1-14-6-4-5-7-18(14)30-16-11-19(27)26(23-12-16)17(20(22)28)10-15-8-9-25(24-15)13-21(2,3)29/h4-9,11-12,17,29H,10,13H2,1-3H3,(H2,22,28). The van der Waals surface area contributed by atoms with Crippen molar-refractivity contribution in [3.8, 4) is 11.5 Å². The van der Waals surface area contributed by atoms with Gasteiger partial charge in [0.15, 0.2) is 5.75 Å². The molecule has 1 aromatic carbocycles. The van der Waals surface area contributed by atoms with Crippen LogP contribution in [0.4, 0.5) is 0 Å². The molecule has 0 aliphatic heterocycles. The van der Waals surface area contributed by atoms with E-state index >= 15 is 0 Å². The average Bonchev–Trinajstić information content (AvgIpc) is 3.07. The fourth-order valence-corrected chi connectivity index (χ4v) is 2.99. The molecule has 3 aromatic rings. The van der Waals surface area contributed by atoms with Crippen molar-refractivity contribution < 1.29 is 14.6 Å². The summed E-state index contributed by atoms with van der Waals surface area (Å²) in [6.07, 6.45) is 3.16. The zero-order valence-corrected chi connectivity index (χ0v) is 17.1. The van der Waals surface area contributed by atoms with E-state index in [1.165, 1.54) is 12.3 Å². The molecule has 0 aliphatic carbocycles. The number of nitrogens with zero attached hydrogens (tertiary/aromatic N) is 4. The second-order valence-corrected chi connectivity index (χ2v) is 7.78. The van der Waals surface area contributed by atoms with E-state index in [9.17, 15) is 14.7 Å². The van der Waals surface area contributed by atoms with Gasteiger partial charge in [-0.2, -0.15) is 10.2 Å². The zero-order valence-electron chi connectivity index (χ0n) is 17.1. The van der Waals surface area contributed by atoms with Gasteiger partial charge in [0.05, 0.1) is 24.0 Å². The predicted octanol–water partition coefficient (Wildman–Crippen LogP) is 1.58. The van der Waals surface area contributed by atoms with Crippen molar-refractivity contribution in [3.05, 3.63) is 70.4 Å². The first-order chi connectivity index (χ1) is 14.1. The molecular weight excluding hydrogens is 386 g/mol. The minimum Gasteiger partial charge on any atom is -0.455 e. The second kappa shape index (κ2) is 8.50. The zero-order chi connectivity index (χ0) is 21.9. The van der Waals surface area contributed by atoms with Crippen LogP contribution < -0.4 is 16.0 Å². The van der Waals surface area contributed by atoms with Crippen LogP contribution in [-0.4, -0.2) is 36.2 Å². The normalized spacial score (nSPS) is 12.5. The van der Waals surface area contributed by atoms with Crippen molar-refractivity contribution in [1.82, 2.24) is 19.6 Å². The van der Waals surface area contributed by atoms with Crippen molar-refractivity contribution in [1.29, 1.82) is 0 Å². The minimum absolute atomic E-state index is 0.0963. The molecule has 0 aliphatic rings. The van der Waals surface area contributed by atoms with Gasteiger partial charge in [0.2, 0.25) is 5.91 Å². The van der Waals surface area contributed by atoms with Crippen LogP contribution in [0.2, 0.25) is 0 Å². The van der Waals surface area contributed by atoms with Crippen LogP contribution in [-0.2, 0) is 17.8 Å². The molecule has 1 atom stereocenters. The average molecular weight is 411 g/mol. The number of carbonyl (C=O) groups excluding carboxylic acids is 1. The van der Waals surface area contributed by atoms with E-state index in [4.69, 9.17) is 10.5 Å². The number of aliphatic hydroxyl groups is 1. The third-order valence-electron chi connectivity index (χ3n) is 4.39. The van der Waals surface area contributed by atoms with Gasteiger partial charge in [-0.3, -0.25) is 14.3 Å². The van der Waals surface area contributed by atoms with Crippen LogP contribution in [0.25, 0.3) is 0 Å². The van der Waals surface area contributed by atoms with Crippen LogP contribution in [0.3, 0.4) is 0 Å². The topological polar surface area (TPSA) is 125 Å². The van der Waals surface area contributed by atoms with E-state index in [1.807, 2.05) is 25.1 Å². The molecule has 2 aromatic heterocycles. The number of amides is 1. The Labute approximate surface area is 173 Å². The first-order valence-electron chi connectivity index (χ1n) is 9.49. The van der Waals surface area contributed by atoms with Gasteiger partial charge in [-0.25, -0.2) is 4.68 Å². The summed E-state index contributed by atoms with van der Waals surface area (Å²) in [5.41, 5.74) is 5.55. The quantitative estimate of drug-likeness (QED) is 0.580. The summed E-state index contributed by atoms with van der Waals surface area (Å²) >= 11 is 0. The summed E-state index contributed by atoms with van der Waals surface area (Å²) in [5.74, 6) is 0.178. The van der Waals surface area contributed by atoms with Crippen LogP contribution in [0.15, 0.2) is 53.6 Å². The van der Waals surface area contributed by atoms with Crippen molar-refractivity contribution in [2.45, 2.75) is 45.4 Å². The molecule has 0 spiro atoms. The molecule has 3 N–H and O–H groups in total. The number of primary amides is 1. The predicted molar refractivity (Wildman–Crippen MR) is 110 cm³/mol. The summed E-state index contributed by atoms with van der Waals surface area (Å²) in [5, 5.41) is 18.3. The summed E-state index contributed by atoms with van der Waals surface area (Å²) in [6.45, 7) is 5.52. The lowest BCUT2D eigenvalue weighted by atomic mass is 10.1. The fraction of sp³-hybridized carbons (Fsp3) is 0.333. The molecule has 0 saturated heterocycles. The molecular formula is C21H25N5O4. The molecule has 1 amide bonds. The third-order valence-corrected chi connectivity index (χ3v) is 4.39. The van der Waals surface area contributed by atoms with Gasteiger partial charge in [0, 0.05) is 18.7 Å². The maximum atomic E-state index is 12.6. The van der Waals surface area contributed by atoms with Crippen LogP contribution in [0.1, 0.15) is 31.1 Å². The number of para-hydroxylation sites is 1. The van der Waals surface area contributed by atoms with Crippen molar-refractivity contribution in [3.63, 3.8) is 0 Å². The number of aryl methyl sites for hydroxylation is 1. The molecule has 9 heteroatoms. The highest BCUT2D eigenvalue weighted by Gasteiger charge is 2.23. The Hall–Kier alpha value is -3.46. The highest BCUT2D eigenvalue weighted by atomic mass is 16.5. The molecule has 0 radical (unpaired) electrons. The number of benzene rings is 1. The van der Waals surface area contributed by atoms with E-state index in [0.29, 0.717) is 11.4 Å². The number of hydrogen-bond donors (Lipinski definition) is 2. The Morgan fingerprint density at radius 3 is 2.67 bits per heavy atom. The number of hydrogen-bond acceptors (Lipinski definition) is 6. The second-order valence-electron chi connectivity index (χ2n) is 7.78. The lowest BCUT2D eigenvalue weighted by Gasteiger charge is -2.17. The molecule has 0 bridgehead atoms.